The molecular formula is C17H22N2O2. The Morgan fingerprint density at radius 1 is 1.29 bits per heavy atom. The first-order valence-electron chi connectivity index (χ1n) is 7.53. The van der Waals surface area contributed by atoms with Crippen LogP contribution in [0.25, 0.3) is 10.9 Å². The minimum absolute atomic E-state index is 0.127. The van der Waals surface area contributed by atoms with Crippen molar-refractivity contribution in [2.24, 2.45) is 13.0 Å². The summed E-state index contributed by atoms with van der Waals surface area (Å²) in [6.07, 6.45) is 2.19. The molecule has 4 heteroatoms. The Balaban J connectivity index is 1.97. The van der Waals surface area contributed by atoms with E-state index in [1.807, 2.05) is 40.8 Å². The van der Waals surface area contributed by atoms with E-state index in [1.165, 1.54) is 0 Å². The van der Waals surface area contributed by atoms with Crippen LogP contribution in [0.4, 0.5) is 0 Å². The summed E-state index contributed by atoms with van der Waals surface area (Å²) in [6, 6.07) is 7.86. The third-order valence-corrected chi connectivity index (χ3v) is 4.56. The number of hydrogen-bond acceptors (Lipinski definition) is 2. The number of fused-ring (bicyclic) bond motifs is 1. The summed E-state index contributed by atoms with van der Waals surface area (Å²) >= 11 is 0. The third-order valence-electron chi connectivity index (χ3n) is 4.56. The van der Waals surface area contributed by atoms with Gasteiger partial charge in [0.15, 0.2) is 0 Å². The molecule has 1 aliphatic heterocycles. The lowest BCUT2D eigenvalue weighted by atomic mass is 9.99. The van der Waals surface area contributed by atoms with Crippen LogP contribution in [0.15, 0.2) is 24.3 Å². The van der Waals surface area contributed by atoms with E-state index in [0.717, 1.165) is 54.2 Å². The SMILES string of the molecule is COc1cccc2c1cc(C(=O)N1CCC(C)CC1)n2C. The minimum atomic E-state index is 0.127. The first-order valence-corrected chi connectivity index (χ1v) is 7.53. The maximum absolute atomic E-state index is 12.8. The molecule has 2 heterocycles. The number of likely N-dealkylation sites (tertiary alicyclic amines) is 1. The predicted molar refractivity (Wildman–Crippen MR) is 83.8 cm³/mol. The molecule has 2 aromatic rings. The van der Waals surface area contributed by atoms with Crippen LogP contribution < -0.4 is 4.74 Å². The number of rotatable bonds is 2. The van der Waals surface area contributed by atoms with Crippen LogP contribution >= 0.6 is 0 Å². The molecule has 1 aromatic heterocycles. The van der Waals surface area contributed by atoms with Crippen molar-refractivity contribution in [1.29, 1.82) is 0 Å². The highest BCUT2D eigenvalue weighted by molar-refractivity contribution is 6.00. The van der Waals surface area contributed by atoms with Crippen LogP contribution in [0, 0.1) is 5.92 Å². The van der Waals surface area contributed by atoms with Gasteiger partial charge >= 0.3 is 0 Å². The number of ether oxygens (including phenoxy) is 1. The fourth-order valence-corrected chi connectivity index (χ4v) is 3.09. The Kier molecular flexibility index (Phi) is 3.62. The van der Waals surface area contributed by atoms with Crippen molar-refractivity contribution >= 4 is 16.8 Å². The molecule has 0 atom stereocenters. The van der Waals surface area contributed by atoms with Gasteiger partial charge in [0.2, 0.25) is 0 Å². The minimum Gasteiger partial charge on any atom is -0.496 e. The van der Waals surface area contributed by atoms with Gasteiger partial charge < -0.3 is 14.2 Å². The highest BCUT2D eigenvalue weighted by Crippen LogP contribution is 2.29. The Morgan fingerprint density at radius 3 is 2.67 bits per heavy atom. The van der Waals surface area contributed by atoms with Crippen LogP contribution in [0.3, 0.4) is 0 Å². The fraction of sp³-hybridized carbons (Fsp3) is 0.471. The van der Waals surface area contributed by atoms with Gasteiger partial charge in [0, 0.05) is 25.5 Å². The van der Waals surface area contributed by atoms with Crippen molar-refractivity contribution in [2.45, 2.75) is 19.8 Å². The van der Waals surface area contributed by atoms with Crippen molar-refractivity contribution in [3.8, 4) is 5.75 Å². The summed E-state index contributed by atoms with van der Waals surface area (Å²) in [4.78, 5) is 14.7. The van der Waals surface area contributed by atoms with Gasteiger partial charge in [0.1, 0.15) is 11.4 Å². The second kappa shape index (κ2) is 5.43. The average Bonchev–Trinajstić information content (AvgIpc) is 2.85. The predicted octanol–water partition coefficient (Wildman–Crippen LogP) is 3.06. The van der Waals surface area contributed by atoms with Gasteiger partial charge in [-0.05, 0) is 37.0 Å². The summed E-state index contributed by atoms with van der Waals surface area (Å²) < 4.78 is 7.37. The number of hydrogen-bond donors (Lipinski definition) is 0. The monoisotopic (exact) mass is 286 g/mol. The lowest BCUT2D eigenvalue weighted by Gasteiger charge is -2.30. The molecule has 0 radical (unpaired) electrons. The van der Waals surface area contributed by atoms with E-state index in [4.69, 9.17) is 4.74 Å². The number of amides is 1. The summed E-state index contributed by atoms with van der Waals surface area (Å²) in [6.45, 7) is 3.97. The zero-order valence-corrected chi connectivity index (χ0v) is 12.9. The van der Waals surface area contributed by atoms with Crippen LogP contribution in [-0.2, 0) is 7.05 Å². The maximum atomic E-state index is 12.8. The summed E-state index contributed by atoms with van der Waals surface area (Å²) in [5.74, 6) is 1.67. The van der Waals surface area contributed by atoms with E-state index < -0.39 is 0 Å². The van der Waals surface area contributed by atoms with E-state index in [1.54, 1.807) is 7.11 Å². The lowest BCUT2D eigenvalue weighted by Crippen LogP contribution is -2.38. The van der Waals surface area contributed by atoms with E-state index in [2.05, 4.69) is 6.92 Å². The molecule has 0 unspecified atom stereocenters. The number of piperidine rings is 1. The molecule has 1 aromatic carbocycles. The Bertz CT molecular complexity index is 667. The van der Waals surface area contributed by atoms with Crippen molar-refractivity contribution in [1.82, 2.24) is 9.47 Å². The summed E-state index contributed by atoms with van der Waals surface area (Å²) in [5, 5.41) is 0.997. The molecule has 0 aliphatic carbocycles. The van der Waals surface area contributed by atoms with Gasteiger partial charge in [-0.3, -0.25) is 4.79 Å². The van der Waals surface area contributed by atoms with Crippen LogP contribution in [-0.4, -0.2) is 35.6 Å². The molecule has 1 amide bonds. The quantitative estimate of drug-likeness (QED) is 0.850. The first-order chi connectivity index (χ1) is 10.1. The van der Waals surface area contributed by atoms with Gasteiger partial charge in [-0.15, -0.1) is 0 Å². The third kappa shape index (κ3) is 2.39. The molecule has 1 aliphatic rings. The lowest BCUT2D eigenvalue weighted by molar-refractivity contribution is 0.0688. The normalized spacial score (nSPS) is 16.4. The Labute approximate surface area is 125 Å². The van der Waals surface area contributed by atoms with E-state index >= 15 is 0 Å². The molecule has 1 saturated heterocycles. The zero-order chi connectivity index (χ0) is 15.0. The van der Waals surface area contributed by atoms with Gasteiger partial charge in [0.25, 0.3) is 5.91 Å². The largest absolute Gasteiger partial charge is 0.496 e. The topological polar surface area (TPSA) is 34.5 Å². The first kappa shape index (κ1) is 14.0. The van der Waals surface area contributed by atoms with E-state index in [0.29, 0.717) is 0 Å². The Hall–Kier alpha value is -1.97. The van der Waals surface area contributed by atoms with Crippen molar-refractivity contribution in [2.75, 3.05) is 20.2 Å². The van der Waals surface area contributed by atoms with Crippen LogP contribution in [0.5, 0.6) is 5.75 Å². The smallest absolute Gasteiger partial charge is 0.270 e. The molecule has 1 fully saturated rings. The number of benzene rings is 1. The molecular weight excluding hydrogens is 264 g/mol. The number of methoxy groups -OCH3 is 1. The number of carbonyl (C=O) groups is 1. The molecule has 3 rings (SSSR count). The molecule has 0 spiro atoms. The Morgan fingerprint density at radius 2 is 2.00 bits per heavy atom. The maximum Gasteiger partial charge on any atom is 0.270 e. The van der Waals surface area contributed by atoms with Crippen LogP contribution in [0.2, 0.25) is 0 Å². The van der Waals surface area contributed by atoms with Crippen molar-refractivity contribution < 1.29 is 9.53 Å². The average molecular weight is 286 g/mol. The number of aromatic nitrogens is 1. The second-order valence-corrected chi connectivity index (χ2v) is 5.96. The van der Waals surface area contributed by atoms with Gasteiger partial charge in [0.05, 0.1) is 12.6 Å². The number of nitrogens with zero attached hydrogens (tertiary/aromatic N) is 2. The molecule has 0 N–H and O–H groups in total. The standard InChI is InChI=1S/C17H22N2O2/c1-12-7-9-19(10-8-12)17(20)15-11-13-14(18(15)2)5-4-6-16(13)21-3/h4-6,11-12H,7-10H2,1-3H3. The van der Waals surface area contributed by atoms with Gasteiger partial charge in [-0.1, -0.05) is 13.0 Å². The number of carbonyl (C=O) groups excluding carboxylic acids is 1. The van der Waals surface area contributed by atoms with Crippen molar-refractivity contribution in [3.63, 3.8) is 0 Å². The summed E-state index contributed by atoms with van der Waals surface area (Å²) in [5.41, 5.74) is 1.77. The van der Waals surface area contributed by atoms with Gasteiger partial charge in [-0.25, -0.2) is 0 Å². The molecule has 0 bridgehead atoms. The van der Waals surface area contributed by atoms with Crippen molar-refractivity contribution in [3.05, 3.63) is 30.0 Å². The van der Waals surface area contributed by atoms with E-state index in [-0.39, 0.29) is 5.91 Å². The molecule has 0 saturated carbocycles. The second-order valence-electron chi connectivity index (χ2n) is 5.96. The number of aryl methyl sites for hydroxylation is 1. The fourth-order valence-electron chi connectivity index (χ4n) is 3.09. The zero-order valence-electron chi connectivity index (χ0n) is 12.9. The highest BCUT2D eigenvalue weighted by Gasteiger charge is 2.24. The van der Waals surface area contributed by atoms with E-state index in [9.17, 15) is 4.79 Å². The molecule has 112 valence electrons. The van der Waals surface area contributed by atoms with Gasteiger partial charge in [-0.2, -0.15) is 0 Å². The van der Waals surface area contributed by atoms with Crippen LogP contribution in [0.1, 0.15) is 30.3 Å². The molecule has 4 nitrogen and oxygen atoms in total. The highest BCUT2D eigenvalue weighted by atomic mass is 16.5. The summed E-state index contributed by atoms with van der Waals surface area (Å²) in [7, 11) is 3.61. The molecule has 21 heavy (non-hydrogen) atoms.